The molecular formula is C11H18O2. The van der Waals surface area contributed by atoms with Gasteiger partial charge in [0.25, 0.3) is 0 Å². The topological polar surface area (TPSA) is 26.3 Å². The van der Waals surface area contributed by atoms with Crippen LogP contribution in [0.1, 0.15) is 39.5 Å². The highest BCUT2D eigenvalue weighted by molar-refractivity contribution is 5.74. The zero-order valence-electron chi connectivity index (χ0n) is 8.45. The first-order valence-electron chi connectivity index (χ1n) is 5.37. The van der Waals surface area contributed by atoms with E-state index >= 15 is 0 Å². The van der Waals surface area contributed by atoms with Crippen molar-refractivity contribution in [1.29, 1.82) is 0 Å². The summed E-state index contributed by atoms with van der Waals surface area (Å²) in [5, 5.41) is 0. The highest BCUT2D eigenvalue weighted by Gasteiger charge is 2.38. The van der Waals surface area contributed by atoms with Crippen LogP contribution in [0.3, 0.4) is 0 Å². The van der Waals surface area contributed by atoms with Crippen LogP contribution in [0.15, 0.2) is 0 Å². The summed E-state index contributed by atoms with van der Waals surface area (Å²) in [6, 6.07) is 0. The Morgan fingerprint density at radius 2 is 2.00 bits per heavy atom. The molecule has 0 bridgehead atoms. The summed E-state index contributed by atoms with van der Waals surface area (Å²) in [5.41, 5.74) is 0. The first kappa shape index (κ1) is 9.04. The van der Waals surface area contributed by atoms with Crippen LogP contribution in [0.25, 0.3) is 0 Å². The van der Waals surface area contributed by atoms with E-state index in [1.54, 1.807) is 0 Å². The number of carbonyl (C=O) groups excluding carboxylic acids is 1. The van der Waals surface area contributed by atoms with Crippen molar-refractivity contribution in [2.24, 2.45) is 17.8 Å². The first-order chi connectivity index (χ1) is 6.16. The van der Waals surface area contributed by atoms with E-state index in [0.717, 1.165) is 12.3 Å². The van der Waals surface area contributed by atoms with E-state index in [-0.39, 0.29) is 18.0 Å². The van der Waals surface area contributed by atoms with Gasteiger partial charge < -0.3 is 4.74 Å². The molecule has 1 saturated carbocycles. The predicted molar refractivity (Wildman–Crippen MR) is 50.2 cm³/mol. The summed E-state index contributed by atoms with van der Waals surface area (Å²) in [6.45, 7) is 4.26. The number of hydrogen-bond donors (Lipinski definition) is 0. The van der Waals surface area contributed by atoms with Crippen LogP contribution in [-0.2, 0) is 9.53 Å². The smallest absolute Gasteiger partial charge is 0.309 e. The van der Waals surface area contributed by atoms with Gasteiger partial charge in [0, 0.05) is 0 Å². The SMILES string of the molecule is CC1CCC(C2CC(C)C(=O)O2)C1. The second-order valence-electron chi connectivity index (χ2n) is 4.79. The maximum atomic E-state index is 11.2. The number of hydrogen-bond acceptors (Lipinski definition) is 2. The summed E-state index contributed by atoms with van der Waals surface area (Å²) in [4.78, 5) is 11.2. The molecule has 4 atom stereocenters. The molecule has 0 aromatic carbocycles. The fourth-order valence-corrected chi connectivity index (χ4v) is 2.64. The third-order valence-corrected chi connectivity index (χ3v) is 3.52. The van der Waals surface area contributed by atoms with Crippen molar-refractivity contribution >= 4 is 5.97 Å². The molecule has 74 valence electrons. The number of rotatable bonds is 1. The van der Waals surface area contributed by atoms with Gasteiger partial charge in [0.05, 0.1) is 5.92 Å². The van der Waals surface area contributed by atoms with Gasteiger partial charge in [-0.1, -0.05) is 20.3 Å². The summed E-state index contributed by atoms with van der Waals surface area (Å²) in [6.07, 6.45) is 5.02. The van der Waals surface area contributed by atoms with Crippen molar-refractivity contribution in [3.63, 3.8) is 0 Å². The Bertz CT molecular complexity index is 212. The monoisotopic (exact) mass is 182 g/mol. The number of ether oxygens (including phenoxy) is 1. The molecular weight excluding hydrogens is 164 g/mol. The van der Waals surface area contributed by atoms with Gasteiger partial charge in [0.15, 0.2) is 0 Å². The Hall–Kier alpha value is -0.530. The Balaban J connectivity index is 1.92. The van der Waals surface area contributed by atoms with Crippen LogP contribution in [0.5, 0.6) is 0 Å². The van der Waals surface area contributed by atoms with Crippen molar-refractivity contribution in [3.8, 4) is 0 Å². The molecule has 2 aliphatic rings. The Kier molecular flexibility index (Phi) is 2.31. The van der Waals surface area contributed by atoms with E-state index in [1.807, 2.05) is 6.92 Å². The van der Waals surface area contributed by atoms with E-state index in [2.05, 4.69) is 6.92 Å². The molecule has 2 fully saturated rings. The third kappa shape index (κ3) is 1.72. The van der Waals surface area contributed by atoms with Crippen LogP contribution in [0.2, 0.25) is 0 Å². The summed E-state index contributed by atoms with van der Waals surface area (Å²) >= 11 is 0. The second-order valence-corrected chi connectivity index (χ2v) is 4.79. The number of carbonyl (C=O) groups is 1. The normalized spacial score (nSPS) is 45.2. The van der Waals surface area contributed by atoms with Gasteiger partial charge in [0.2, 0.25) is 0 Å². The molecule has 0 N–H and O–H groups in total. The quantitative estimate of drug-likeness (QED) is 0.582. The molecule has 0 aromatic heterocycles. The van der Waals surface area contributed by atoms with E-state index in [4.69, 9.17) is 4.74 Å². The molecule has 2 nitrogen and oxygen atoms in total. The molecule has 0 amide bonds. The maximum absolute atomic E-state index is 11.2. The largest absolute Gasteiger partial charge is 0.462 e. The van der Waals surface area contributed by atoms with Gasteiger partial charge in [-0.25, -0.2) is 0 Å². The van der Waals surface area contributed by atoms with Gasteiger partial charge in [0.1, 0.15) is 6.10 Å². The van der Waals surface area contributed by atoms with Gasteiger partial charge in [-0.2, -0.15) is 0 Å². The van der Waals surface area contributed by atoms with Crippen molar-refractivity contribution in [2.45, 2.75) is 45.6 Å². The summed E-state index contributed by atoms with van der Waals surface area (Å²) in [7, 11) is 0. The lowest BCUT2D eigenvalue weighted by molar-refractivity contribution is -0.145. The van der Waals surface area contributed by atoms with E-state index in [9.17, 15) is 4.79 Å². The van der Waals surface area contributed by atoms with Crippen LogP contribution in [-0.4, -0.2) is 12.1 Å². The standard InChI is InChI=1S/C11H18O2/c1-7-3-4-9(5-7)10-6-8(2)11(12)13-10/h7-10H,3-6H2,1-2H3. The van der Waals surface area contributed by atoms with Crippen LogP contribution >= 0.6 is 0 Å². The van der Waals surface area contributed by atoms with E-state index < -0.39 is 0 Å². The molecule has 0 aromatic rings. The highest BCUT2D eigenvalue weighted by atomic mass is 16.6. The Labute approximate surface area is 79.7 Å². The van der Waals surface area contributed by atoms with Crippen LogP contribution < -0.4 is 0 Å². The fourth-order valence-electron chi connectivity index (χ4n) is 2.64. The minimum Gasteiger partial charge on any atom is -0.462 e. The Morgan fingerprint density at radius 1 is 1.23 bits per heavy atom. The average molecular weight is 182 g/mol. The third-order valence-electron chi connectivity index (χ3n) is 3.52. The molecule has 1 aliphatic carbocycles. The van der Waals surface area contributed by atoms with Gasteiger partial charge in [-0.15, -0.1) is 0 Å². The maximum Gasteiger partial charge on any atom is 0.309 e. The first-order valence-corrected chi connectivity index (χ1v) is 5.37. The summed E-state index contributed by atoms with van der Waals surface area (Å²) < 4.78 is 5.37. The predicted octanol–water partition coefficient (Wildman–Crippen LogP) is 2.37. The molecule has 0 spiro atoms. The number of esters is 1. The molecule has 1 saturated heterocycles. The molecule has 1 aliphatic heterocycles. The van der Waals surface area contributed by atoms with Crippen molar-refractivity contribution in [2.75, 3.05) is 0 Å². The van der Waals surface area contributed by atoms with Gasteiger partial charge >= 0.3 is 5.97 Å². The van der Waals surface area contributed by atoms with E-state index in [1.165, 1.54) is 19.3 Å². The zero-order chi connectivity index (χ0) is 9.42. The lowest BCUT2D eigenvalue weighted by Gasteiger charge is -2.16. The number of cyclic esters (lactones) is 1. The minimum atomic E-state index is 0.0181. The van der Waals surface area contributed by atoms with Gasteiger partial charge in [-0.3, -0.25) is 4.79 Å². The van der Waals surface area contributed by atoms with E-state index in [0.29, 0.717) is 5.92 Å². The molecule has 2 rings (SSSR count). The average Bonchev–Trinajstić information content (AvgIpc) is 2.61. The fraction of sp³-hybridized carbons (Fsp3) is 0.909. The molecule has 0 radical (unpaired) electrons. The molecule has 4 unspecified atom stereocenters. The van der Waals surface area contributed by atoms with Crippen molar-refractivity contribution < 1.29 is 9.53 Å². The molecule has 1 heterocycles. The minimum absolute atomic E-state index is 0.0181. The lowest BCUT2D eigenvalue weighted by Crippen LogP contribution is -2.17. The Morgan fingerprint density at radius 3 is 2.46 bits per heavy atom. The van der Waals surface area contributed by atoms with Gasteiger partial charge in [-0.05, 0) is 31.1 Å². The van der Waals surface area contributed by atoms with Crippen LogP contribution in [0.4, 0.5) is 0 Å². The van der Waals surface area contributed by atoms with Crippen molar-refractivity contribution in [1.82, 2.24) is 0 Å². The molecule has 2 heteroatoms. The zero-order valence-corrected chi connectivity index (χ0v) is 8.45. The second kappa shape index (κ2) is 3.32. The lowest BCUT2D eigenvalue weighted by atomic mass is 9.94. The molecule has 13 heavy (non-hydrogen) atoms. The van der Waals surface area contributed by atoms with Crippen molar-refractivity contribution in [3.05, 3.63) is 0 Å². The highest BCUT2D eigenvalue weighted by Crippen LogP contribution is 2.38. The summed E-state index contributed by atoms with van der Waals surface area (Å²) in [5.74, 6) is 1.65. The van der Waals surface area contributed by atoms with Crippen LogP contribution in [0, 0.1) is 17.8 Å².